The van der Waals surface area contributed by atoms with E-state index in [2.05, 4.69) is 77.3 Å². The number of rotatable bonds is 5. The minimum atomic E-state index is -0.669. The first-order chi connectivity index (χ1) is 21.3. The van der Waals surface area contributed by atoms with Crippen LogP contribution >= 0.6 is 15.9 Å². The Kier molecular flexibility index (Phi) is 7.51. The van der Waals surface area contributed by atoms with Gasteiger partial charge in [-0.1, -0.05) is 62.7 Å². The van der Waals surface area contributed by atoms with Crippen molar-refractivity contribution in [3.63, 3.8) is 0 Å². The quantitative estimate of drug-likeness (QED) is 0.258. The summed E-state index contributed by atoms with van der Waals surface area (Å²) in [5.41, 5.74) is 1.44. The van der Waals surface area contributed by atoms with Gasteiger partial charge in [-0.25, -0.2) is 19.4 Å². The molecule has 5 aliphatic carbocycles. The molecule has 11 atom stereocenters. The van der Waals surface area contributed by atoms with Gasteiger partial charge in [-0.15, -0.1) is 5.10 Å². The third kappa shape index (κ3) is 4.28. The number of aromatic nitrogens is 6. The molecular formula is C35H51BrN6O3. The van der Waals surface area contributed by atoms with Crippen molar-refractivity contribution in [1.29, 1.82) is 0 Å². The Balaban J connectivity index is 1.20. The molecule has 246 valence electrons. The molecule has 5 fully saturated rings. The molecule has 0 amide bonds. The van der Waals surface area contributed by atoms with Gasteiger partial charge in [0.05, 0.1) is 0 Å². The lowest BCUT2D eigenvalue weighted by molar-refractivity contribution is -0.257. The van der Waals surface area contributed by atoms with Crippen LogP contribution in [0.25, 0.3) is 0 Å². The van der Waals surface area contributed by atoms with Gasteiger partial charge in [0.25, 0.3) is 0 Å². The largest absolute Gasteiger partial charge is 0.444 e. The standard InChI is InChI=1S/C35H51BrN6O3/c1-22(17-36)23-9-14-35(29(43)41-20-37-18-39-41)16-15-33(5)24(28(23)35)7-8-26-32(4)12-11-27(45-30(44)42-21-38-19-40-42)31(2,3)25(32)10-13-34(26,33)6/h18-21,23-29,43H,1,7-17H2,2-6H3/t23-,24+,25-,26+,27-,28+,29?,32-,33+,34+,35-/m0/s1. The number of carbonyl (C=O) groups excluding carboxylic acids is 1. The second-order valence-electron chi connectivity index (χ2n) is 16.7. The lowest BCUT2D eigenvalue weighted by atomic mass is 9.32. The van der Waals surface area contributed by atoms with Gasteiger partial charge in [-0.05, 0) is 110 Å². The summed E-state index contributed by atoms with van der Waals surface area (Å²) in [6, 6.07) is 0. The minimum Gasteiger partial charge on any atom is -0.444 e. The fourth-order valence-electron chi connectivity index (χ4n) is 12.9. The predicted octanol–water partition coefficient (Wildman–Crippen LogP) is 7.45. The van der Waals surface area contributed by atoms with Crippen LogP contribution in [0.1, 0.15) is 105 Å². The first-order valence-corrected chi connectivity index (χ1v) is 18.3. The molecule has 45 heavy (non-hydrogen) atoms. The lowest BCUT2D eigenvalue weighted by Crippen LogP contribution is -2.67. The number of carbonyl (C=O) groups is 1. The van der Waals surface area contributed by atoms with Crippen LogP contribution < -0.4 is 0 Å². The van der Waals surface area contributed by atoms with E-state index in [0.717, 1.165) is 50.3 Å². The molecule has 0 bridgehead atoms. The number of allylic oxidation sites excluding steroid dienone is 1. The van der Waals surface area contributed by atoms with E-state index in [1.807, 2.05) is 0 Å². The van der Waals surface area contributed by atoms with Crippen molar-refractivity contribution < 1.29 is 14.6 Å². The maximum absolute atomic E-state index is 12.9. The van der Waals surface area contributed by atoms with Gasteiger partial charge in [-0.3, -0.25) is 0 Å². The molecule has 0 radical (unpaired) electrons. The van der Waals surface area contributed by atoms with Crippen LogP contribution in [0, 0.1) is 56.7 Å². The van der Waals surface area contributed by atoms with E-state index in [0.29, 0.717) is 29.6 Å². The summed E-state index contributed by atoms with van der Waals surface area (Å²) in [7, 11) is 0. The molecule has 0 spiro atoms. The third-order valence-corrected chi connectivity index (χ3v) is 15.9. The van der Waals surface area contributed by atoms with Crippen molar-refractivity contribution in [2.75, 3.05) is 5.33 Å². The predicted molar refractivity (Wildman–Crippen MR) is 174 cm³/mol. The Morgan fingerprint density at radius 2 is 1.69 bits per heavy atom. The number of hydrogen-bond acceptors (Lipinski definition) is 7. The first kappa shape index (κ1) is 31.5. The van der Waals surface area contributed by atoms with E-state index in [-0.39, 0.29) is 33.2 Å². The smallest absolute Gasteiger partial charge is 0.436 e. The molecular weight excluding hydrogens is 632 g/mol. The normalized spacial score (nSPS) is 44.2. The molecule has 0 aromatic carbocycles. The summed E-state index contributed by atoms with van der Waals surface area (Å²) < 4.78 is 9.06. The summed E-state index contributed by atoms with van der Waals surface area (Å²) in [4.78, 5) is 21.1. The van der Waals surface area contributed by atoms with Crippen molar-refractivity contribution >= 4 is 22.0 Å². The summed E-state index contributed by atoms with van der Waals surface area (Å²) in [5.74, 6) is 2.35. The average molecular weight is 684 g/mol. The highest BCUT2D eigenvalue weighted by Gasteiger charge is 2.72. The molecule has 0 aliphatic heterocycles. The van der Waals surface area contributed by atoms with Gasteiger partial charge < -0.3 is 9.84 Å². The molecule has 10 heteroatoms. The van der Waals surface area contributed by atoms with Gasteiger partial charge in [0.15, 0.2) is 6.23 Å². The number of fused-ring (bicyclic) bond motifs is 7. The number of aliphatic hydroxyl groups excluding tert-OH is 1. The zero-order valence-electron chi connectivity index (χ0n) is 27.7. The van der Waals surface area contributed by atoms with Crippen LogP contribution in [0.3, 0.4) is 0 Å². The Morgan fingerprint density at radius 1 is 0.933 bits per heavy atom. The summed E-state index contributed by atoms with van der Waals surface area (Å²) in [6.07, 6.45) is 15.7. The average Bonchev–Trinajstić information content (AvgIpc) is 3.80. The Bertz CT molecular complexity index is 1430. The fraction of sp³-hybridized carbons (Fsp3) is 0.800. The molecule has 7 rings (SSSR count). The number of nitrogens with zero attached hydrogens (tertiary/aromatic N) is 6. The fourth-order valence-corrected chi connectivity index (χ4v) is 13.3. The monoisotopic (exact) mass is 682 g/mol. The SMILES string of the molecule is C=C(CBr)[C@@H]1CC[C@]2(C(O)n3cncn3)CC[C@]3(C)[C@H](CC[C@@H]4[C@@]5(C)CC[C@H](OC(=O)n6cncn6)C(C)(C)[C@@H]5CC[C@]43C)[C@@H]12. The highest BCUT2D eigenvalue weighted by atomic mass is 79.9. The third-order valence-electron chi connectivity index (χ3n) is 15.2. The van der Waals surface area contributed by atoms with Crippen LogP contribution in [-0.2, 0) is 4.74 Å². The summed E-state index contributed by atoms with van der Waals surface area (Å²) in [5, 5.41) is 21.3. The molecule has 0 saturated heterocycles. The zero-order chi connectivity index (χ0) is 32.0. The Labute approximate surface area is 276 Å². The van der Waals surface area contributed by atoms with E-state index in [1.165, 1.54) is 42.2 Å². The van der Waals surface area contributed by atoms with Crippen molar-refractivity contribution in [1.82, 2.24) is 29.5 Å². The zero-order valence-corrected chi connectivity index (χ0v) is 29.2. The van der Waals surface area contributed by atoms with Gasteiger partial charge >= 0.3 is 6.09 Å². The van der Waals surface area contributed by atoms with Gasteiger partial charge in [0, 0.05) is 16.2 Å². The van der Waals surface area contributed by atoms with Crippen LogP contribution in [0.2, 0.25) is 0 Å². The Hall–Kier alpha value is -2.07. The van der Waals surface area contributed by atoms with Crippen molar-refractivity contribution in [2.24, 2.45) is 56.7 Å². The molecule has 2 aromatic rings. The van der Waals surface area contributed by atoms with Gasteiger partial charge in [-0.2, -0.15) is 9.78 Å². The molecule has 5 aliphatic rings. The number of ether oxygens (including phenoxy) is 1. The molecule has 1 N–H and O–H groups in total. The molecule has 2 heterocycles. The molecule has 2 aromatic heterocycles. The van der Waals surface area contributed by atoms with E-state index in [1.54, 1.807) is 17.3 Å². The van der Waals surface area contributed by atoms with E-state index in [9.17, 15) is 9.90 Å². The first-order valence-electron chi connectivity index (χ1n) is 17.1. The van der Waals surface area contributed by atoms with Gasteiger partial charge in [0.1, 0.15) is 31.4 Å². The molecule has 1 unspecified atom stereocenters. The second kappa shape index (κ2) is 10.7. The molecule has 9 nitrogen and oxygen atoms in total. The summed E-state index contributed by atoms with van der Waals surface area (Å²) in [6.45, 7) is 17.1. The van der Waals surface area contributed by atoms with Crippen LogP contribution in [0.5, 0.6) is 0 Å². The van der Waals surface area contributed by atoms with E-state index >= 15 is 0 Å². The highest BCUT2D eigenvalue weighted by molar-refractivity contribution is 9.09. The van der Waals surface area contributed by atoms with E-state index < -0.39 is 12.3 Å². The van der Waals surface area contributed by atoms with Crippen LogP contribution in [0.4, 0.5) is 4.79 Å². The number of hydrogen-bond donors (Lipinski definition) is 1. The van der Waals surface area contributed by atoms with Crippen LogP contribution in [0.15, 0.2) is 37.5 Å². The maximum Gasteiger partial charge on any atom is 0.436 e. The number of aliphatic hydroxyl groups is 1. The lowest BCUT2D eigenvalue weighted by Gasteiger charge is -2.73. The topological polar surface area (TPSA) is 108 Å². The van der Waals surface area contributed by atoms with Crippen molar-refractivity contribution in [3.8, 4) is 0 Å². The number of halogens is 1. The maximum atomic E-state index is 12.9. The van der Waals surface area contributed by atoms with E-state index in [4.69, 9.17) is 4.74 Å². The summed E-state index contributed by atoms with van der Waals surface area (Å²) >= 11 is 3.76. The Morgan fingerprint density at radius 3 is 2.38 bits per heavy atom. The minimum absolute atomic E-state index is 0.143. The molecule has 5 saturated carbocycles. The second-order valence-corrected chi connectivity index (χ2v) is 17.2. The van der Waals surface area contributed by atoms with Crippen molar-refractivity contribution in [2.45, 2.75) is 111 Å². The number of alkyl halides is 1. The van der Waals surface area contributed by atoms with Gasteiger partial charge in [0.2, 0.25) is 0 Å². The van der Waals surface area contributed by atoms with Crippen molar-refractivity contribution in [3.05, 3.63) is 37.5 Å². The highest BCUT2D eigenvalue weighted by Crippen LogP contribution is 2.78. The van der Waals surface area contributed by atoms with Crippen LogP contribution in [-0.4, -0.2) is 52.2 Å².